The van der Waals surface area contributed by atoms with Crippen molar-refractivity contribution in [2.75, 3.05) is 20.2 Å². The highest BCUT2D eigenvalue weighted by Gasteiger charge is 2.21. The summed E-state index contributed by atoms with van der Waals surface area (Å²) in [5.74, 6) is 1.39. The van der Waals surface area contributed by atoms with Crippen LogP contribution in [0.4, 0.5) is 0 Å². The van der Waals surface area contributed by atoms with E-state index in [9.17, 15) is 0 Å². The Morgan fingerprint density at radius 2 is 2.28 bits per heavy atom. The summed E-state index contributed by atoms with van der Waals surface area (Å²) in [6.07, 6.45) is 4.52. The molecule has 18 heavy (non-hydrogen) atoms. The second kappa shape index (κ2) is 4.82. The van der Waals surface area contributed by atoms with Crippen molar-refractivity contribution >= 4 is 22.5 Å². The van der Waals surface area contributed by atoms with Gasteiger partial charge in [-0.1, -0.05) is 11.6 Å². The Bertz CT molecular complexity index is 558. The first-order valence-corrected chi connectivity index (χ1v) is 6.73. The van der Waals surface area contributed by atoms with Crippen molar-refractivity contribution in [3.05, 3.63) is 28.9 Å². The molecule has 0 spiro atoms. The highest BCUT2D eigenvalue weighted by Crippen LogP contribution is 2.38. The predicted molar refractivity (Wildman–Crippen MR) is 74.7 cm³/mol. The van der Waals surface area contributed by atoms with E-state index < -0.39 is 0 Å². The first-order chi connectivity index (χ1) is 8.81. The normalized spacial score (nSPS) is 20.2. The molecule has 1 saturated heterocycles. The number of benzene rings is 1. The molecule has 0 bridgehead atoms. The number of ether oxygens (including phenoxy) is 1. The minimum Gasteiger partial charge on any atom is -0.495 e. The lowest BCUT2D eigenvalue weighted by molar-refractivity contribution is 0.419. The molecule has 1 aromatic heterocycles. The Hall–Kier alpha value is -1.19. The molecule has 1 aliphatic rings. The Kier molecular flexibility index (Phi) is 3.18. The van der Waals surface area contributed by atoms with Gasteiger partial charge in [0, 0.05) is 18.1 Å². The number of aromatic nitrogens is 1. The maximum atomic E-state index is 6.36. The van der Waals surface area contributed by atoms with Crippen LogP contribution in [0.25, 0.3) is 10.9 Å². The van der Waals surface area contributed by atoms with Crippen LogP contribution in [0.3, 0.4) is 0 Å². The molecular weight excluding hydrogens is 248 g/mol. The summed E-state index contributed by atoms with van der Waals surface area (Å²) < 4.78 is 5.38. The molecule has 3 nitrogen and oxygen atoms in total. The van der Waals surface area contributed by atoms with Crippen LogP contribution in [-0.2, 0) is 0 Å². The summed E-state index contributed by atoms with van der Waals surface area (Å²) in [7, 11) is 1.69. The zero-order valence-electron chi connectivity index (χ0n) is 10.4. The van der Waals surface area contributed by atoms with Crippen molar-refractivity contribution in [1.82, 2.24) is 10.3 Å². The first kappa shape index (κ1) is 11.9. The highest BCUT2D eigenvalue weighted by molar-refractivity contribution is 6.36. The number of fused-ring (bicyclic) bond motifs is 1. The monoisotopic (exact) mass is 264 g/mol. The van der Waals surface area contributed by atoms with Crippen molar-refractivity contribution in [3.63, 3.8) is 0 Å². The summed E-state index contributed by atoms with van der Waals surface area (Å²) in [6, 6.07) is 3.82. The fourth-order valence-electron chi connectivity index (χ4n) is 2.82. The smallest absolute Gasteiger partial charge is 0.143 e. The lowest BCUT2D eigenvalue weighted by atomic mass is 9.91. The average Bonchev–Trinajstić information content (AvgIpc) is 2.86. The van der Waals surface area contributed by atoms with Crippen molar-refractivity contribution in [3.8, 4) is 5.75 Å². The maximum Gasteiger partial charge on any atom is 0.143 e. The quantitative estimate of drug-likeness (QED) is 0.873. The number of aromatic amines is 1. The number of hydrogen-bond donors (Lipinski definition) is 2. The number of piperidine rings is 1. The lowest BCUT2D eigenvalue weighted by Crippen LogP contribution is -2.28. The van der Waals surface area contributed by atoms with Gasteiger partial charge in [0.15, 0.2) is 0 Å². The standard InChI is InChI=1S/C14H17ClN2O/c1-18-12-5-4-11(15)13-10(8-17-14(12)13)9-3-2-6-16-7-9/h4-5,8-9,16-17H,2-3,6-7H2,1H3. The van der Waals surface area contributed by atoms with Gasteiger partial charge in [-0.25, -0.2) is 0 Å². The molecule has 0 radical (unpaired) electrons. The molecule has 0 amide bonds. The van der Waals surface area contributed by atoms with Crippen molar-refractivity contribution < 1.29 is 4.74 Å². The molecule has 96 valence electrons. The fourth-order valence-corrected chi connectivity index (χ4v) is 3.08. The molecule has 1 aliphatic heterocycles. The van der Waals surface area contributed by atoms with Crippen LogP contribution in [0.2, 0.25) is 5.02 Å². The van der Waals surface area contributed by atoms with Crippen LogP contribution in [0, 0.1) is 0 Å². The Morgan fingerprint density at radius 1 is 1.39 bits per heavy atom. The van der Waals surface area contributed by atoms with Gasteiger partial charge in [-0.05, 0) is 43.0 Å². The average molecular weight is 265 g/mol. The third-order valence-corrected chi connectivity index (χ3v) is 4.05. The maximum absolute atomic E-state index is 6.36. The number of nitrogens with one attached hydrogen (secondary N) is 2. The molecule has 4 heteroatoms. The molecule has 1 fully saturated rings. The minimum atomic E-state index is 0.539. The third kappa shape index (κ3) is 1.88. The highest BCUT2D eigenvalue weighted by atomic mass is 35.5. The van der Waals surface area contributed by atoms with Crippen LogP contribution < -0.4 is 10.1 Å². The molecule has 2 heterocycles. The number of methoxy groups -OCH3 is 1. The van der Waals surface area contributed by atoms with Gasteiger partial charge in [0.1, 0.15) is 5.75 Å². The molecule has 2 N–H and O–H groups in total. The second-order valence-electron chi connectivity index (χ2n) is 4.79. The van der Waals surface area contributed by atoms with Crippen molar-refractivity contribution in [2.24, 2.45) is 0 Å². The van der Waals surface area contributed by atoms with E-state index in [0.29, 0.717) is 5.92 Å². The van der Waals surface area contributed by atoms with Crippen LogP contribution >= 0.6 is 11.6 Å². The van der Waals surface area contributed by atoms with Gasteiger partial charge < -0.3 is 15.0 Å². The number of H-pyrrole nitrogens is 1. The van der Waals surface area contributed by atoms with E-state index >= 15 is 0 Å². The minimum absolute atomic E-state index is 0.539. The zero-order chi connectivity index (χ0) is 12.5. The molecule has 1 atom stereocenters. The first-order valence-electron chi connectivity index (χ1n) is 6.35. The van der Waals surface area contributed by atoms with Crippen LogP contribution in [0.5, 0.6) is 5.75 Å². The number of rotatable bonds is 2. The van der Waals surface area contributed by atoms with E-state index in [-0.39, 0.29) is 0 Å². The molecular formula is C14H17ClN2O. The van der Waals surface area contributed by atoms with Crippen molar-refractivity contribution in [1.29, 1.82) is 0 Å². The molecule has 0 saturated carbocycles. The van der Waals surface area contributed by atoms with Crippen molar-refractivity contribution in [2.45, 2.75) is 18.8 Å². The van der Waals surface area contributed by atoms with Crippen LogP contribution in [0.15, 0.2) is 18.3 Å². The largest absolute Gasteiger partial charge is 0.495 e. The Labute approximate surface area is 111 Å². The second-order valence-corrected chi connectivity index (χ2v) is 5.19. The number of halogens is 1. The van der Waals surface area contributed by atoms with Gasteiger partial charge in [-0.2, -0.15) is 0 Å². The molecule has 3 rings (SSSR count). The summed E-state index contributed by atoms with van der Waals surface area (Å²) in [5, 5.41) is 5.36. The van der Waals surface area contributed by atoms with Gasteiger partial charge >= 0.3 is 0 Å². The van der Waals surface area contributed by atoms with Gasteiger partial charge in [0.25, 0.3) is 0 Å². The van der Waals surface area contributed by atoms with E-state index in [1.807, 2.05) is 12.1 Å². The molecule has 1 unspecified atom stereocenters. The van der Waals surface area contributed by atoms with Gasteiger partial charge in [-0.3, -0.25) is 0 Å². The van der Waals surface area contributed by atoms with Gasteiger partial charge in [0.2, 0.25) is 0 Å². The SMILES string of the molecule is COc1ccc(Cl)c2c(C3CCCNC3)c[nH]c12. The third-order valence-electron chi connectivity index (χ3n) is 3.73. The number of hydrogen-bond acceptors (Lipinski definition) is 2. The van der Waals surface area contributed by atoms with E-state index in [1.165, 1.54) is 18.4 Å². The van der Waals surface area contributed by atoms with E-state index in [4.69, 9.17) is 16.3 Å². The summed E-state index contributed by atoms with van der Waals surface area (Å²) in [6.45, 7) is 2.15. The van der Waals surface area contributed by atoms with Crippen LogP contribution in [0.1, 0.15) is 24.3 Å². The Morgan fingerprint density at radius 3 is 3.00 bits per heavy atom. The van der Waals surface area contributed by atoms with Gasteiger partial charge in [0.05, 0.1) is 17.6 Å². The van der Waals surface area contributed by atoms with E-state index in [2.05, 4.69) is 16.5 Å². The molecule has 2 aromatic rings. The lowest BCUT2D eigenvalue weighted by Gasteiger charge is -2.22. The molecule has 0 aliphatic carbocycles. The Balaban J connectivity index is 2.12. The fraction of sp³-hybridized carbons (Fsp3) is 0.429. The summed E-state index contributed by atoms with van der Waals surface area (Å²) >= 11 is 6.36. The molecule has 1 aromatic carbocycles. The van der Waals surface area contributed by atoms with E-state index in [1.54, 1.807) is 7.11 Å². The van der Waals surface area contributed by atoms with Crippen LogP contribution in [-0.4, -0.2) is 25.2 Å². The summed E-state index contributed by atoms with van der Waals surface area (Å²) in [5.41, 5.74) is 2.31. The van der Waals surface area contributed by atoms with Gasteiger partial charge in [-0.15, -0.1) is 0 Å². The topological polar surface area (TPSA) is 37.0 Å². The predicted octanol–water partition coefficient (Wildman–Crippen LogP) is 3.30. The zero-order valence-corrected chi connectivity index (χ0v) is 11.2. The summed E-state index contributed by atoms with van der Waals surface area (Å²) in [4.78, 5) is 3.31. The van der Waals surface area contributed by atoms with E-state index in [0.717, 1.165) is 34.8 Å².